The van der Waals surface area contributed by atoms with Crippen molar-refractivity contribution in [1.82, 2.24) is 0 Å². The lowest BCUT2D eigenvalue weighted by atomic mass is 10.2. The van der Waals surface area contributed by atoms with Crippen LogP contribution in [0.25, 0.3) is 0 Å². The van der Waals surface area contributed by atoms with E-state index in [2.05, 4.69) is 5.32 Å². The SMILES string of the molecule is COc1ccccc1OCC(=O)Nc1cc(F)ccc1N(C)C. The highest BCUT2D eigenvalue weighted by molar-refractivity contribution is 5.95. The summed E-state index contributed by atoms with van der Waals surface area (Å²) in [6, 6.07) is 11.3. The number of methoxy groups -OCH3 is 1. The van der Waals surface area contributed by atoms with Gasteiger partial charge in [0.05, 0.1) is 18.5 Å². The minimum atomic E-state index is -0.420. The summed E-state index contributed by atoms with van der Waals surface area (Å²) in [5.74, 6) is 0.207. The molecule has 0 aliphatic heterocycles. The number of carbonyl (C=O) groups is 1. The molecule has 0 radical (unpaired) electrons. The van der Waals surface area contributed by atoms with E-state index >= 15 is 0 Å². The molecule has 0 aliphatic carbocycles. The number of benzene rings is 2. The van der Waals surface area contributed by atoms with Gasteiger partial charge in [-0.05, 0) is 30.3 Å². The molecule has 5 nitrogen and oxygen atoms in total. The molecule has 2 rings (SSSR count). The smallest absolute Gasteiger partial charge is 0.262 e. The van der Waals surface area contributed by atoms with E-state index < -0.39 is 5.82 Å². The topological polar surface area (TPSA) is 50.8 Å². The van der Waals surface area contributed by atoms with Crippen LogP contribution >= 0.6 is 0 Å². The maximum absolute atomic E-state index is 13.4. The molecule has 0 fully saturated rings. The molecule has 0 bridgehead atoms. The van der Waals surface area contributed by atoms with Gasteiger partial charge in [-0.15, -0.1) is 0 Å². The Kier molecular flexibility index (Phi) is 5.41. The van der Waals surface area contributed by atoms with Gasteiger partial charge in [0.1, 0.15) is 5.82 Å². The van der Waals surface area contributed by atoms with Gasteiger partial charge < -0.3 is 19.7 Å². The molecule has 0 spiro atoms. The minimum Gasteiger partial charge on any atom is -0.493 e. The monoisotopic (exact) mass is 318 g/mol. The second-order valence-corrected chi connectivity index (χ2v) is 5.04. The zero-order valence-electron chi connectivity index (χ0n) is 13.3. The van der Waals surface area contributed by atoms with Gasteiger partial charge in [0.25, 0.3) is 5.91 Å². The lowest BCUT2D eigenvalue weighted by molar-refractivity contribution is -0.118. The van der Waals surface area contributed by atoms with Crippen molar-refractivity contribution in [1.29, 1.82) is 0 Å². The third kappa shape index (κ3) is 4.35. The molecule has 0 aromatic heterocycles. The molecule has 6 heteroatoms. The number of rotatable bonds is 6. The Morgan fingerprint density at radius 3 is 2.52 bits per heavy atom. The molecule has 1 amide bonds. The number of amides is 1. The maximum atomic E-state index is 13.4. The van der Waals surface area contributed by atoms with Gasteiger partial charge in [0.15, 0.2) is 18.1 Å². The Hall–Kier alpha value is -2.76. The third-order valence-electron chi connectivity index (χ3n) is 3.14. The second-order valence-electron chi connectivity index (χ2n) is 5.04. The molecule has 0 saturated heterocycles. The van der Waals surface area contributed by atoms with Crippen molar-refractivity contribution in [2.45, 2.75) is 0 Å². The Morgan fingerprint density at radius 1 is 1.17 bits per heavy atom. The molecule has 0 atom stereocenters. The fourth-order valence-electron chi connectivity index (χ4n) is 2.07. The predicted octanol–water partition coefficient (Wildman–Crippen LogP) is 2.92. The first-order valence-electron chi connectivity index (χ1n) is 7.04. The standard InChI is InChI=1S/C17H19FN2O3/c1-20(2)14-9-8-12(18)10-13(14)19-17(21)11-23-16-7-5-4-6-15(16)22-3/h4-10H,11H2,1-3H3,(H,19,21). The summed E-state index contributed by atoms with van der Waals surface area (Å²) in [6.07, 6.45) is 0. The van der Waals surface area contributed by atoms with Crippen molar-refractivity contribution in [2.24, 2.45) is 0 Å². The molecule has 1 N–H and O–H groups in total. The number of nitrogens with one attached hydrogen (secondary N) is 1. The molecule has 122 valence electrons. The van der Waals surface area contributed by atoms with E-state index in [1.54, 1.807) is 29.2 Å². The lowest BCUT2D eigenvalue weighted by Gasteiger charge is -2.18. The average Bonchev–Trinajstić information content (AvgIpc) is 2.53. The van der Waals surface area contributed by atoms with E-state index in [4.69, 9.17) is 9.47 Å². The van der Waals surface area contributed by atoms with Gasteiger partial charge in [-0.3, -0.25) is 4.79 Å². The lowest BCUT2D eigenvalue weighted by Crippen LogP contribution is -2.22. The van der Waals surface area contributed by atoms with Crippen molar-refractivity contribution in [2.75, 3.05) is 38.0 Å². The maximum Gasteiger partial charge on any atom is 0.262 e. The van der Waals surface area contributed by atoms with Crippen LogP contribution in [0.1, 0.15) is 0 Å². The highest BCUT2D eigenvalue weighted by atomic mass is 19.1. The van der Waals surface area contributed by atoms with Crippen molar-refractivity contribution in [3.05, 3.63) is 48.3 Å². The van der Waals surface area contributed by atoms with E-state index in [0.717, 1.165) is 0 Å². The van der Waals surface area contributed by atoms with Crippen LogP contribution in [-0.4, -0.2) is 33.7 Å². The van der Waals surface area contributed by atoms with E-state index in [0.29, 0.717) is 22.9 Å². The second kappa shape index (κ2) is 7.49. The van der Waals surface area contributed by atoms with E-state index in [1.165, 1.54) is 19.2 Å². The first-order valence-corrected chi connectivity index (χ1v) is 7.04. The van der Waals surface area contributed by atoms with E-state index in [9.17, 15) is 9.18 Å². The van der Waals surface area contributed by atoms with Crippen LogP contribution in [0.3, 0.4) is 0 Å². The van der Waals surface area contributed by atoms with Crippen LogP contribution in [0.5, 0.6) is 11.5 Å². The summed E-state index contributed by atoms with van der Waals surface area (Å²) in [4.78, 5) is 13.8. The molecule has 0 aliphatic rings. The summed E-state index contributed by atoms with van der Waals surface area (Å²) in [5, 5.41) is 2.65. The van der Waals surface area contributed by atoms with Crippen molar-refractivity contribution in [3.8, 4) is 11.5 Å². The zero-order chi connectivity index (χ0) is 16.8. The summed E-state index contributed by atoms with van der Waals surface area (Å²) in [5.41, 5.74) is 1.10. The van der Waals surface area contributed by atoms with Crippen molar-refractivity contribution < 1.29 is 18.7 Å². The van der Waals surface area contributed by atoms with Gasteiger partial charge in [-0.2, -0.15) is 0 Å². The zero-order valence-corrected chi connectivity index (χ0v) is 13.3. The van der Waals surface area contributed by atoms with Crippen LogP contribution in [0.15, 0.2) is 42.5 Å². The minimum absolute atomic E-state index is 0.205. The van der Waals surface area contributed by atoms with Crippen molar-refractivity contribution in [3.63, 3.8) is 0 Å². The Morgan fingerprint density at radius 2 is 1.87 bits per heavy atom. The molecule has 0 heterocycles. The molecule has 0 unspecified atom stereocenters. The number of anilines is 2. The van der Waals surface area contributed by atoms with Crippen LogP contribution in [0.2, 0.25) is 0 Å². The molecule has 23 heavy (non-hydrogen) atoms. The summed E-state index contributed by atoms with van der Waals surface area (Å²) >= 11 is 0. The van der Waals surface area contributed by atoms with Gasteiger partial charge in [-0.1, -0.05) is 12.1 Å². The Bertz CT molecular complexity index is 689. The van der Waals surface area contributed by atoms with Crippen LogP contribution in [-0.2, 0) is 4.79 Å². The molecule has 2 aromatic carbocycles. The highest BCUT2D eigenvalue weighted by Crippen LogP contribution is 2.27. The van der Waals surface area contributed by atoms with E-state index in [-0.39, 0.29) is 12.5 Å². The molecule has 0 saturated carbocycles. The number of hydrogen-bond acceptors (Lipinski definition) is 4. The summed E-state index contributed by atoms with van der Waals surface area (Å²) in [6.45, 7) is -0.205. The first kappa shape index (κ1) is 16.6. The predicted molar refractivity (Wildman–Crippen MR) is 87.8 cm³/mol. The van der Waals surface area contributed by atoms with Crippen LogP contribution in [0, 0.1) is 5.82 Å². The van der Waals surface area contributed by atoms with Gasteiger partial charge >= 0.3 is 0 Å². The number of nitrogens with zero attached hydrogens (tertiary/aromatic N) is 1. The van der Waals surface area contributed by atoms with Gasteiger partial charge in [0.2, 0.25) is 0 Å². The third-order valence-corrected chi connectivity index (χ3v) is 3.14. The first-order chi connectivity index (χ1) is 11.0. The molecular formula is C17H19FN2O3. The molecular weight excluding hydrogens is 299 g/mol. The Balaban J connectivity index is 2.04. The number of para-hydroxylation sites is 2. The number of hydrogen-bond donors (Lipinski definition) is 1. The van der Waals surface area contributed by atoms with Gasteiger partial charge in [-0.25, -0.2) is 4.39 Å². The van der Waals surface area contributed by atoms with Crippen molar-refractivity contribution >= 4 is 17.3 Å². The summed E-state index contributed by atoms with van der Waals surface area (Å²) in [7, 11) is 5.15. The fourth-order valence-corrected chi connectivity index (χ4v) is 2.07. The fraction of sp³-hybridized carbons (Fsp3) is 0.235. The highest BCUT2D eigenvalue weighted by Gasteiger charge is 2.11. The van der Waals surface area contributed by atoms with Crippen LogP contribution in [0.4, 0.5) is 15.8 Å². The van der Waals surface area contributed by atoms with E-state index in [1.807, 2.05) is 20.2 Å². The number of halogens is 1. The van der Waals surface area contributed by atoms with Gasteiger partial charge in [0, 0.05) is 14.1 Å². The Labute approximate surface area is 134 Å². The normalized spacial score (nSPS) is 10.1. The van der Waals surface area contributed by atoms with Crippen LogP contribution < -0.4 is 19.7 Å². The molecule has 2 aromatic rings. The average molecular weight is 318 g/mol. The quantitative estimate of drug-likeness (QED) is 0.890. The number of carbonyl (C=O) groups excluding carboxylic acids is 1. The summed E-state index contributed by atoms with van der Waals surface area (Å²) < 4.78 is 24.0. The number of ether oxygens (including phenoxy) is 2. The largest absolute Gasteiger partial charge is 0.493 e.